The fraction of sp³-hybridized carbons (Fsp3) is 0.100. The number of fused-ring (bicyclic) bond motifs is 1. The smallest absolute Gasteiger partial charge is 0.336 e. The maximum Gasteiger partial charge on any atom is 0.336 e. The van der Waals surface area contributed by atoms with Crippen molar-refractivity contribution in [1.29, 1.82) is 0 Å². The van der Waals surface area contributed by atoms with Gasteiger partial charge in [-0.05, 0) is 17.7 Å². The number of aliphatic hydroxyl groups is 1. The molecule has 0 atom stereocenters. The Labute approximate surface area is 74.2 Å². The van der Waals surface area contributed by atoms with Gasteiger partial charge in [0, 0.05) is 11.5 Å². The van der Waals surface area contributed by atoms with Gasteiger partial charge in [-0.3, -0.25) is 0 Å². The summed E-state index contributed by atoms with van der Waals surface area (Å²) in [5, 5.41) is 9.70. The summed E-state index contributed by atoms with van der Waals surface area (Å²) in [4.78, 5) is 10.9. The van der Waals surface area contributed by atoms with E-state index in [4.69, 9.17) is 9.52 Å². The van der Waals surface area contributed by atoms with Gasteiger partial charge in [0.1, 0.15) is 5.58 Å². The Bertz CT molecular complexity index is 485. The molecule has 0 unspecified atom stereocenters. The van der Waals surface area contributed by atoms with Crippen LogP contribution in [0.1, 0.15) is 5.56 Å². The monoisotopic (exact) mass is 176 g/mol. The fourth-order valence-corrected chi connectivity index (χ4v) is 1.20. The van der Waals surface area contributed by atoms with Crippen molar-refractivity contribution < 1.29 is 9.52 Å². The predicted octanol–water partition coefficient (Wildman–Crippen LogP) is 1.29. The maximum atomic E-state index is 10.9. The molecule has 66 valence electrons. The lowest BCUT2D eigenvalue weighted by atomic mass is 10.1. The van der Waals surface area contributed by atoms with Gasteiger partial charge in [-0.25, -0.2) is 4.79 Å². The van der Waals surface area contributed by atoms with Crippen LogP contribution in [0.2, 0.25) is 0 Å². The Hall–Kier alpha value is -1.61. The summed E-state index contributed by atoms with van der Waals surface area (Å²) in [5.41, 5.74) is 0.878. The second kappa shape index (κ2) is 3.03. The third-order valence-corrected chi connectivity index (χ3v) is 1.87. The minimum Gasteiger partial charge on any atom is -0.423 e. The number of benzene rings is 1. The topological polar surface area (TPSA) is 50.4 Å². The Balaban J connectivity index is 2.75. The molecule has 0 aliphatic rings. The van der Waals surface area contributed by atoms with Crippen LogP contribution >= 0.6 is 0 Å². The van der Waals surface area contributed by atoms with Gasteiger partial charge in [-0.1, -0.05) is 12.1 Å². The molecule has 0 aliphatic carbocycles. The van der Waals surface area contributed by atoms with E-state index in [0.29, 0.717) is 5.58 Å². The van der Waals surface area contributed by atoms with E-state index in [1.807, 2.05) is 6.07 Å². The zero-order valence-electron chi connectivity index (χ0n) is 6.86. The molecule has 13 heavy (non-hydrogen) atoms. The molecule has 3 nitrogen and oxygen atoms in total. The normalized spacial score (nSPS) is 10.5. The molecule has 0 saturated carbocycles. The summed E-state index contributed by atoms with van der Waals surface area (Å²) in [6.07, 6.45) is 0. The molecule has 2 aromatic rings. The van der Waals surface area contributed by atoms with Gasteiger partial charge in [-0.15, -0.1) is 0 Å². The van der Waals surface area contributed by atoms with Gasteiger partial charge in [0.2, 0.25) is 0 Å². The number of rotatable bonds is 1. The highest BCUT2D eigenvalue weighted by atomic mass is 16.4. The average molecular weight is 176 g/mol. The summed E-state index contributed by atoms with van der Waals surface area (Å²) in [7, 11) is 0. The van der Waals surface area contributed by atoms with Crippen molar-refractivity contribution in [2.45, 2.75) is 6.61 Å². The van der Waals surface area contributed by atoms with Crippen molar-refractivity contribution in [3.8, 4) is 0 Å². The number of hydrogen-bond acceptors (Lipinski definition) is 3. The van der Waals surface area contributed by atoms with Crippen molar-refractivity contribution in [3.63, 3.8) is 0 Å². The quantitative estimate of drug-likeness (QED) is 0.666. The maximum absolute atomic E-state index is 10.9. The van der Waals surface area contributed by atoms with Crippen LogP contribution in [-0.4, -0.2) is 5.11 Å². The van der Waals surface area contributed by atoms with Crippen LogP contribution in [0.15, 0.2) is 39.5 Å². The van der Waals surface area contributed by atoms with Crippen molar-refractivity contribution in [3.05, 3.63) is 46.3 Å². The first-order chi connectivity index (χ1) is 6.29. The van der Waals surface area contributed by atoms with Crippen molar-refractivity contribution in [2.75, 3.05) is 0 Å². The Morgan fingerprint density at radius 1 is 1.23 bits per heavy atom. The molecule has 0 radical (unpaired) electrons. The first-order valence-corrected chi connectivity index (χ1v) is 3.93. The van der Waals surface area contributed by atoms with Crippen molar-refractivity contribution >= 4 is 11.0 Å². The number of hydrogen-bond donors (Lipinski definition) is 1. The van der Waals surface area contributed by atoms with Crippen LogP contribution < -0.4 is 5.63 Å². The van der Waals surface area contributed by atoms with E-state index in [-0.39, 0.29) is 12.2 Å². The zero-order chi connectivity index (χ0) is 9.26. The van der Waals surface area contributed by atoms with Gasteiger partial charge in [0.25, 0.3) is 0 Å². The van der Waals surface area contributed by atoms with Crippen molar-refractivity contribution in [2.24, 2.45) is 0 Å². The third-order valence-electron chi connectivity index (χ3n) is 1.87. The van der Waals surface area contributed by atoms with E-state index < -0.39 is 0 Å². The highest BCUT2D eigenvalue weighted by Crippen LogP contribution is 2.13. The van der Waals surface area contributed by atoms with Crippen LogP contribution in [0.3, 0.4) is 0 Å². The molecule has 0 aliphatic heterocycles. The first kappa shape index (κ1) is 8.01. The molecule has 0 amide bonds. The second-order valence-electron chi connectivity index (χ2n) is 2.78. The van der Waals surface area contributed by atoms with Gasteiger partial charge in [-0.2, -0.15) is 0 Å². The lowest BCUT2D eigenvalue weighted by molar-refractivity contribution is 0.282. The molecule has 0 spiro atoms. The van der Waals surface area contributed by atoms with E-state index >= 15 is 0 Å². The van der Waals surface area contributed by atoms with Crippen LogP contribution in [-0.2, 0) is 6.61 Å². The molecule has 3 heteroatoms. The molecule has 1 aromatic carbocycles. The number of aliphatic hydroxyl groups excluding tert-OH is 1. The third kappa shape index (κ3) is 1.46. The van der Waals surface area contributed by atoms with E-state index in [9.17, 15) is 4.79 Å². The standard InChI is InChI=1S/C10H8O3/c11-6-7-1-2-8-3-4-10(12)13-9(8)5-7/h1-5,11H,6H2. The van der Waals surface area contributed by atoms with E-state index in [2.05, 4.69) is 0 Å². The van der Waals surface area contributed by atoms with Gasteiger partial charge >= 0.3 is 5.63 Å². The molecule has 0 bridgehead atoms. The average Bonchev–Trinajstić information content (AvgIpc) is 2.16. The highest BCUT2D eigenvalue weighted by molar-refractivity contribution is 5.76. The van der Waals surface area contributed by atoms with Crippen LogP contribution in [0.5, 0.6) is 0 Å². The van der Waals surface area contributed by atoms with Crippen molar-refractivity contribution in [1.82, 2.24) is 0 Å². The summed E-state index contributed by atoms with van der Waals surface area (Å²) in [6.45, 7) is -0.0471. The molecule has 0 fully saturated rings. The molecular formula is C10H8O3. The molecule has 0 saturated heterocycles. The lowest BCUT2D eigenvalue weighted by Crippen LogP contribution is -1.94. The summed E-state index contributed by atoms with van der Waals surface area (Å²) >= 11 is 0. The molecule has 2 rings (SSSR count). The van der Waals surface area contributed by atoms with Gasteiger partial charge in [0.15, 0.2) is 0 Å². The predicted molar refractivity (Wildman–Crippen MR) is 48.4 cm³/mol. The summed E-state index contributed by atoms with van der Waals surface area (Å²) < 4.78 is 4.94. The minimum atomic E-state index is -0.373. The Morgan fingerprint density at radius 3 is 2.77 bits per heavy atom. The van der Waals surface area contributed by atoms with Crippen LogP contribution in [0.4, 0.5) is 0 Å². The second-order valence-corrected chi connectivity index (χ2v) is 2.78. The van der Waals surface area contributed by atoms with E-state index in [1.54, 1.807) is 18.2 Å². The van der Waals surface area contributed by atoms with Crippen LogP contribution in [0, 0.1) is 0 Å². The summed E-state index contributed by atoms with van der Waals surface area (Å²) in [6, 6.07) is 8.34. The van der Waals surface area contributed by atoms with Gasteiger partial charge in [0.05, 0.1) is 6.61 Å². The van der Waals surface area contributed by atoms with Crippen LogP contribution in [0.25, 0.3) is 11.0 Å². The molecular weight excluding hydrogens is 168 g/mol. The molecule has 1 N–H and O–H groups in total. The van der Waals surface area contributed by atoms with E-state index in [1.165, 1.54) is 6.07 Å². The Morgan fingerprint density at radius 2 is 2.00 bits per heavy atom. The lowest BCUT2D eigenvalue weighted by Gasteiger charge is -1.97. The fourth-order valence-electron chi connectivity index (χ4n) is 1.20. The summed E-state index contributed by atoms with van der Waals surface area (Å²) in [5.74, 6) is 0. The zero-order valence-corrected chi connectivity index (χ0v) is 6.86. The molecule has 1 heterocycles. The molecule has 1 aromatic heterocycles. The highest BCUT2D eigenvalue weighted by Gasteiger charge is 1.97. The minimum absolute atomic E-state index is 0.0471. The van der Waals surface area contributed by atoms with Gasteiger partial charge < -0.3 is 9.52 Å². The van der Waals surface area contributed by atoms with E-state index in [0.717, 1.165) is 10.9 Å². The first-order valence-electron chi connectivity index (χ1n) is 3.93. The largest absolute Gasteiger partial charge is 0.423 e. The SMILES string of the molecule is O=c1ccc2ccc(CO)cc2o1. The Kier molecular flexibility index (Phi) is 1.87.